The predicted molar refractivity (Wildman–Crippen MR) is 106 cm³/mol. The molecule has 0 bridgehead atoms. The van der Waals surface area contributed by atoms with Crippen LogP contribution in [-0.2, 0) is 4.74 Å². The molecule has 0 aromatic heterocycles. The SMILES string of the molecule is CC(CNc1ccc(OCC2CCCO2)cc1)Oc1ccc(Cl)cc1Cl. The van der Waals surface area contributed by atoms with E-state index < -0.39 is 0 Å². The summed E-state index contributed by atoms with van der Waals surface area (Å²) >= 11 is 12.0. The van der Waals surface area contributed by atoms with Gasteiger partial charge in [-0.25, -0.2) is 0 Å². The molecule has 3 rings (SSSR count). The fourth-order valence-electron chi connectivity index (χ4n) is 2.72. The lowest BCUT2D eigenvalue weighted by molar-refractivity contribution is 0.0679. The summed E-state index contributed by atoms with van der Waals surface area (Å²) in [6.45, 7) is 4.09. The fourth-order valence-corrected chi connectivity index (χ4v) is 3.18. The smallest absolute Gasteiger partial charge is 0.138 e. The van der Waals surface area contributed by atoms with Gasteiger partial charge < -0.3 is 19.5 Å². The molecule has 0 amide bonds. The van der Waals surface area contributed by atoms with Gasteiger partial charge in [-0.15, -0.1) is 0 Å². The van der Waals surface area contributed by atoms with E-state index in [4.69, 9.17) is 37.4 Å². The Morgan fingerprint density at radius 3 is 2.69 bits per heavy atom. The number of nitrogens with one attached hydrogen (secondary N) is 1. The number of hydrogen-bond acceptors (Lipinski definition) is 4. The van der Waals surface area contributed by atoms with E-state index >= 15 is 0 Å². The van der Waals surface area contributed by atoms with Crippen LogP contribution in [0.1, 0.15) is 19.8 Å². The highest BCUT2D eigenvalue weighted by atomic mass is 35.5. The van der Waals surface area contributed by atoms with Crippen molar-refractivity contribution >= 4 is 28.9 Å². The highest BCUT2D eigenvalue weighted by Crippen LogP contribution is 2.28. The Balaban J connectivity index is 1.43. The molecule has 4 nitrogen and oxygen atoms in total. The summed E-state index contributed by atoms with van der Waals surface area (Å²) in [5, 5.41) is 4.45. The Morgan fingerprint density at radius 2 is 2.00 bits per heavy atom. The molecule has 0 aliphatic carbocycles. The van der Waals surface area contributed by atoms with E-state index in [9.17, 15) is 0 Å². The Labute approximate surface area is 164 Å². The molecule has 1 aliphatic rings. The summed E-state index contributed by atoms with van der Waals surface area (Å²) in [5.41, 5.74) is 1.01. The monoisotopic (exact) mass is 395 g/mol. The summed E-state index contributed by atoms with van der Waals surface area (Å²) in [5.74, 6) is 1.48. The Morgan fingerprint density at radius 1 is 1.19 bits per heavy atom. The molecule has 1 N–H and O–H groups in total. The van der Waals surface area contributed by atoms with Crippen LogP contribution >= 0.6 is 23.2 Å². The average molecular weight is 396 g/mol. The van der Waals surface area contributed by atoms with Crippen LogP contribution in [0.4, 0.5) is 5.69 Å². The molecule has 1 fully saturated rings. The molecular weight excluding hydrogens is 373 g/mol. The number of halogens is 2. The molecule has 1 aliphatic heterocycles. The number of ether oxygens (including phenoxy) is 3. The summed E-state index contributed by atoms with van der Waals surface area (Å²) < 4.78 is 17.2. The first-order chi connectivity index (χ1) is 12.6. The maximum atomic E-state index is 6.13. The zero-order valence-electron chi connectivity index (χ0n) is 14.7. The van der Waals surface area contributed by atoms with Gasteiger partial charge in [-0.3, -0.25) is 0 Å². The van der Waals surface area contributed by atoms with Gasteiger partial charge in [0.05, 0.1) is 17.7 Å². The largest absolute Gasteiger partial charge is 0.491 e. The topological polar surface area (TPSA) is 39.7 Å². The third-order valence-corrected chi connectivity index (χ3v) is 4.66. The van der Waals surface area contributed by atoms with Gasteiger partial charge in [0.1, 0.15) is 24.2 Å². The van der Waals surface area contributed by atoms with Crippen molar-refractivity contribution in [2.45, 2.75) is 32.0 Å². The minimum Gasteiger partial charge on any atom is -0.491 e. The standard InChI is InChI=1S/C20H23Cl2NO3/c1-14(26-20-9-4-15(21)11-19(20)22)12-23-16-5-7-17(8-6-16)25-13-18-3-2-10-24-18/h4-9,11,14,18,23H,2-3,10,12-13H2,1H3. The van der Waals surface area contributed by atoms with Crippen LogP contribution in [0.25, 0.3) is 0 Å². The molecule has 2 unspecified atom stereocenters. The van der Waals surface area contributed by atoms with Crippen molar-refractivity contribution in [1.29, 1.82) is 0 Å². The van der Waals surface area contributed by atoms with Crippen LogP contribution in [0.2, 0.25) is 10.0 Å². The van der Waals surface area contributed by atoms with Crippen molar-refractivity contribution < 1.29 is 14.2 Å². The van der Waals surface area contributed by atoms with Gasteiger partial charge in [0.15, 0.2) is 0 Å². The van der Waals surface area contributed by atoms with Gasteiger partial charge in [0, 0.05) is 17.3 Å². The van der Waals surface area contributed by atoms with Gasteiger partial charge in [0.2, 0.25) is 0 Å². The Hall–Kier alpha value is -1.62. The first-order valence-electron chi connectivity index (χ1n) is 8.80. The molecule has 0 spiro atoms. The normalized spacial score (nSPS) is 17.7. The van der Waals surface area contributed by atoms with E-state index in [0.717, 1.165) is 30.9 Å². The highest BCUT2D eigenvalue weighted by Gasteiger charge is 2.15. The molecule has 0 radical (unpaired) electrons. The number of benzene rings is 2. The van der Waals surface area contributed by atoms with Crippen LogP contribution in [0.15, 0.2) is 42.5 Å². The van der Waals surface area contributed by atoms with Crippen LogP contribution in [0.3, 0.4) is 0 Å². The molecule has 1 heterocycles. The highest BCUT2D eigenvalue weighted by molar-refractivity contribution is 6.35. The van der Waals surface area contributed by atoms with E-state index in [1.54, 1.807) is 18.2 Å². The van der Waals surface area contributed by atoms with E-state index in [1.165, 1.54) is 0 Å². The Bertz CT molecular complexity index is 703. The predicted octanol–water partition coefficient (Wildman–Crippen LogP) is 5.43. The van der Waals surface area contributed by atoms with Crippen molar-refractivity contribution in [3.05, 3.63) is 52.5 Å². The lowest BCUT2D eigenvalue weighted by Gasteiger charge is -2.17. The number of anilines is 1. The van der Waals surface area contributed by atoms with Crippen LogP contribution in [0, 0.1) is 0 Å². The summed E-state index contributed by atoms with van der Waals surface area (Å²) in [7, 11) is 0. The van der Waals surface area contributed by atoms with Crippen molar-refractivity contribution in [3.8, 4) is 11.5 Å². The molecule has 0 saturated carbocycles. The molecule has 2 aromatic carbocycles. The van der Waals surface area contributed by atoms with Gasteiger partial charge in [-0.2, -0.15) is 0 Å². The Kier molecular flexibility index (Phi) is 6.89. The molecule has 140 valence electrons. The quantitative estimate of drug-likeness (QED) is 0.646. The van der Waals surface area contributed by atoms with Crippen LogP contribution in [-0.4, -0.2) is 32.0 Å². The molecule has 2 atom stereocenters. The third-order valence-electron chi connectivity index (χ3n) is 4.13. The van der Waals surface area contributed by atoms with Gasteiger partial charge in [-0.05, 0) is 62.2 Å². The van der Waals surface area contributed by atoms with Gasteiger partial charge in [-0.1, -0.05) is 23.2 Å². The third kappa shape index (κ3) is 5.70. The first kappa shape index (κ1) is 19.2. The molecule has 2 aromatic rings. The summed E-state index contributed by atoms with van der Waals surface area (Å²) in [6, 6.07) is 13.1. The molecule has 1 saturated heterocycles. The lowest BCUT2D eigenvalue weighted by atomic mass is 10.2. The lowest BCUT2D eigenvalue weighted by Crippen LogP contribution is -2.22. The second-order valence-electron chi connectivity index (χ2n) is 6.35. The number of rotatable bonds is 8. The van der Waals surface area contributed by atoms with Gasteiger partial charge >= 0.3 is 0 Å². The first-order valence-corrected chi connectivity index (χ1v) is 9.56. The molecule has 6 heteroatoms. The van der Waals surface area contributed by atoms with E-state index in [1.807, 2.05) is 31.2 Å². The second kappa shape index (κ2) is 9.36. The maximum absolute atomic E-state index is 6.13. The minimum atomic E-state index is -0.0517. The number of hydrogen-bond donors (Lipinski definition) is 1. The zero-order chi connectivity index (χ0) is 18.4. The van der Waals surface area contributed by atoms with Gasteiger partial charge in [0.25, 0.3) is 0 Å². The van der Waals surface area contributed by atoms with E-state index in [0.29, 0.717) is 28.9 Å². The van der Waals surface area contributed by atoms with Crippen molar-refractivity contribution in [2.75, 3.05) is 25.1 Å². The van der Waals surface area contributed by atoms with Crippen LogP contribution in [0.5, 0.6) is 11.5 Å². The second-order valence-corrected chi connectivity index (χ2v) is 7.20. The van der Waals surface area contributed by atoms with E-state index in [2.05, 4.69) is 5.32 Å². The maximum Gasteiger partial charge on any atom is 0.138 e. The average Bonchev–Trinajstić information content (AvgIpc) is 3.15. The zero-order valence-corrected chi connectivity index (χ0v) is 16.2. The van der Waals surface area contributed by atoms with Crippen molar-refractivity contribution in [1.82, 2.24) is 0 Å². The van der Waals surface area contributed by atoms with E-state index in [-0.39, 0.29) is 12.2 Å². The fraction of sp³-hybridized carbons (Fsp3) is 0.400. The summed E-state index contributed by atoms with van der Waals surface area (Å²) in [4.78, 5) is 0. The van der Waals surface area contributed by atoms with Crippen molar-refractivity contribution in [2.24, 2.45) is 0 Å². The van der Waals surface area contributed by atoms with Crippen LogP contribution < -0.4 is 14.8 Å². The summed E-state index contributed by atoms with van der Waals surface area (Å²) in [6.07, 6.45) is 2.38. The minimum absolute atomic E-state index is 0.0517. The van der Waals surface area contributed by atoms with Crippen molar-refractivity contribution in [3.63, 3.8) is 0 Å². The molecule has 26 heavy (non-hydrogen) atoms. The molecular formula is C20H23Cl2NO3.